The minimum Gasteiger partial charge on any atom is -0.479 e. The van der Waals surface area contributed by atoms with Crippen molar-refractivity contribution < 1.29 is 15.0 Å². The molecule has 0 saturated carbocycles. The molecule has 0 aliphatic carbocycles. The van der Waals surface area contributed by atoms with Gasteiger partial charge in [0.25, 0.3) is 0 Å². The minimum absolute atomic E-state index is 0.0818. The van der Waals surface area contributed by atoms with E-state index in [4.69, 9.17) is 5.11 Å². The molecule has 4 nitrogen and oxygen atoms in total. The molecule has 0 aromatic carbocycles. The maximum Gasteiger partial charge on any atom is 0.336 e. The van der Waals surface area contributed by atoms with E-state index in [1.807, 2.05) is 0 Å². The predicted molar refractivity (Wildman–Crippen MR) is 55.2 cm³/mol. The minimum atomic E-state index is -1.67. The van der Waals surface area contributed by atoms with Crippen LogP contribution in [0.5, 0.6) is 0 Å². The molecule has 0 fully saturated rings. The fraction of sp³-hybridized carbons (Fsp3) is 0.900. The van der Waals surface area contributed by atoms with Crippen LogP contribution in [0.15, 0.2) is 0 Å². The van der Waals surface area contributed by atoms with Crippen molar-refractivity contribution in [3.63, 3.8) is 0 Å². The van der Waals surface area contributed by atoms with Crippen LogP contribution in [0.3, 0.4) is 0 Å². The third-order valence-electron chi connectivity index (χ3n) is 1.98. The van der Waals surface area contributed by atoms with E-state index in [0.29, 0.717) is 6.54 Å². The Hall–Kier alpha value is -0.610. The molecule has 0 aliphatic heterocycles. The van der Waals surface area contributed by atoms with Gasteiger partial charge >= 0.3 is 5.97 Å². The monoisotopic (exact) mass is 203 g/mol. The van der Waals surface area contributed by atoms with Crippen LogP contribution in [0.4, 0.5) is 0 Å². The van der Waals surface area contributed by atoms with Gasteiger partial charge in [-0.1, -0.05) is 20.8 Å². The summed E-state index contributed by atoms with van der Waals surface area (Å²) in [5.41, 5.74) is -1.44. The van der Waals surface area contributed by atoms with Gasteiger partial charge in [-0.15, -0.1) is 0 Å². The van der Waals surface area contributed by atoms with Gasteiger partial charge in [-0.25, -0.2) is 4.79 Å². The Bertz CT molecular complexity index is 194. The third kappa shape index (κ3) is 5.94. The summed E-state index contributed by atoms with van der Waals surface area (Å²) in [6.45, 7) is 8.43. The number of aliphatic hydroxyl groups is 1. The van der Waals surface area contributed by atoms with Gasteiger partial charge in [0.2, 0.25) is 0 Å². The molecule has 0 saturated heterocycles. The standard InChI is InChI=1S/C10H21NO3/c1-9(2,3)5-6-11-7-10(4,14)8(12)13/h11,14H,5-7H2,1-4H3,(H,12,13). The van der Waals surface area contributed by atoms with Gasteiger partial charge in [-0.3, -0.25) is 0 Å². The van der Waals surface area contributed by atoms with E-state index in [-0.39, 0.29) is 12.0 Å². The number of hydrogen-bond acceptors (Lipinski definition) is 3. The maximum atomic E-state index is 10.5. The summed E-state index contributed by atoms with van der Waals surface area (Å²) >= 11 is 0. The first-order valence-electron chi connectivity index (χ1n) is 4.82. The highest BCUT2D eigenvalue weighted by Gasteiger charge is 2.29. The van der Waals surface area contributed by atoms with Crippen molar-refractivity contribution in [1.82, 2.24) is 5.32 Å². The normalized spacial score (nSPS) is 16.4. The molecule has 14 heavy (non-hydrogen) atoms. The van der Waals surface area contributed by atoms with Crippen molar-refractivity contribution in [2.75, 3.05) is 13.1 Å². The topological polar surface area (TPSA) is 69.6 Å². The molecule has 0 heterocycles. The Morgan fingerprint density at radius 1 is 1.29 bits per heavy atom. The van der Waals surface area contributed by atoms with E-state index < -0.39 is 11.6 Å². The van der Waals surface area contributed by atoms with E-state index in [1.165, 1.54) is 6.92 Å². The summed E-state index contributed by atoms with van der Waals surface area (Å²) in [4.78, 5) is 10.5. The summed E-state index contributed by atoms with van der Waals surface area (Å²) in [7, 11) is 0. The van der Waals surface area contributed by atoms with Crippen molar-refractivity contribution in [2.24, 2.45) is 5.41 Å². The molecule has 0 aromatic rings. The zero-order valence-corrected chi connectivity index (χ0v) is 9.42. The molecule has 4 heteroatoms. The first-order chi connectivity index (χ1) is 6.15. The number of carboxylic acids is 1. The van der Waals surface area contributed by atoms with Gasteiger partial charge in [-0.2, -0.15) is 0 Å². The molecule has 1 atom stereocenters. The second kappa shape index (κ2) is 4.75. The number of nitrogens with one attached hydrogen (secondary N) is 1. The van der Waals surface area contributed by atoms with E-state index >= 15 is 0 Å². The van der Waals surface area contributed by atoms with Gasteiger partial charge in [0.1, 0.15) is 0 Å². The van der Waals surface area contributed by atoms with Gasteiger partial charge in [0, 0.05) is 6.54 Å². The van der Waals surface area contributed by atoms with Crippen LogP contribution in [0.25, 0.3) is 0 Å². The summed E-state index contributed by atoms with van der Waals surface area (Å²) in [6.07, 6.45) is 0.947. The SMILES string of the molecule is CC(C)(C)CCNCC(C)(O)C(=O)O. The van der Waals surface area contributed by atoms with Crippen LogP contribution in [0, 0.1) is 5.41 Å². The van der Waals surface area contributed by atoms with Crippen molar-refractivity contribution in [3.8, 4) is 0 Å². The Morgan fingerprint density at radius 2 is 1.79 bits per heavy atom. The lowest BCUT2D eigenvalue weighted by atomic mass is 9.92. The molecular weight excluding hydrogens is 182 g/mol. The maximum absolute atomic E-state index is 10.5. The third-order valence-corrected chi connectivity index (χ3v) is 1.98. The van der Waals surface area contributed by atoms with Crippen molar-refractivity contribution >= 4 is 5.97 Å². The van der Waals surface area contributed by atoms with Crippen molar-refractivity contribution in [3.05, 3.63) is 0 Å². The molecular formula is C10H21NO3. The quantitative estimate of drug-likeness (QED) is 0.579. The Kier molecular flexibility index (Phi) is 4.55. The van der Waals surface area contributed by atoms with Gasteiger partial charge in [0.05, 0.1) is 0 Å². The van der Waals surface area contributed by atoms with Gasteiger partial charge in [0.15, 0.2) is 5.60 Å². The van der Waals surface area contributed by atoms with Crippen LogP contribution in [0.2, 0.25) is 0 Å². The highest BCUT2D eigenvalue weighted by atomic mass is 16.4. The Balaban J connectivity index is 3.70. The number of carboxylic acid groups (broad SMARTS) is 1. The van der Waals surface area contributed by atoms with Gasteiger partial charge < -0.3 is 15.5 Å². The molecule has 0 bridgehead atoms. The lowest BCUT2D eigenvalue weighted by molar-refractivity contribution is -0.156. The smallest absolute Gasteiger partial charge is 0.336 e. The first kappa shape index (κ1) is 13.4. The Morgan fingerprint density at radius 3 is 2.14 bits per heavy atom. The van der Waals surface area contributed by atoms with Crippen molar-refractivity contribution in [1.29, 1.82) is 0 Å². The fourth-order valence-corrected chi connectivity index (χ4v) is 0.871. The molecule has 0 amide bonds. The summed E-state index contributed by atoms with van der Waals surface area (Å²) < 4.78 is 0. The highest BCUT2D eigenvalue weighted by molar-refractivity contribution is 5.76. The van der Waals surface area contributed by atoms with Crippen LogP contribution in [-0.4, -0.2) is 34.9 Å². The van der Waals surface area contributed by atoms with E-state index in [1.54, 1.807) is 0 Å². The molecule has 0 spiro atoms. The van der Waals surface area contributed by atoms with E-state index in [0.717, 1.165) is 6.42 Å². The summed E-state index contributed by atoms with van der Waals surface area (Å²) in [5.74, 6) is -1.19. The fourth-order valence-electron chi connectivity index (χ4n) is 0.871. The summed E-state index contributed by atoms with van der Waals surface area (Å²) in [6, 6.07) is 0. The highest BCUT2D eigenvalue weighted by Crippen LogP contribution is 2.17. The molecule has 0 radical (unpaired) electrons. The molecule has 0 aromatic heterocycles. The molecule has 84 valence electrons. The molecule has 3 N–H and O–H groups in total. The molecule has 0 aliphatic rings. The molecule has 1 unspecified atom stereocenters. The second-order valence-corrected chi connectivity index (χ2v) is 5.07. The van der Waals surface area contributed by atoms with Crippen LogP contribution >= 0.6 is 0 Å². The number of rotatable bonds is 5. The lowest BCUT2D eigenvalue weighted by Gasteiger charge is -2.21. The van der Waals surface area contributed by atoms with Crippen molar-refractivity contribution in [2.45, 2.75) is 39.7 Å². The molecule has 0 rings (SSSR count). The average Bonchev–Trinajstić information content (AvgIpc) is 1.96. The van der Waals surface area contributed by atoms with E-state index in [9.17, 15) is 9.90 Å². The van der Waals surface area contributed by atoms with Crippen LogP contribution in [0.1, 0.15) is 34.1 Å². The number of aliphatic carboxylic acids is 1. The zero-order chi connectivity index (χ0) is 11.4. The largest absolute Gasteiger partial charge is 0.479 e. The average molecular weight is 203 g/mol. The second-order valence-electron chi connectivity index (χ2n) is 5.07. The first-order valence-corrected chi connectivity index (χ1v) is 4.82. The number of hydrogen-bond donors (Lipinski definition) is 3. The van der Waals surface area contributed by atoms with Gasteiger partial charge in [-0.05, 0) is 25.3 Å². The number of carbonyl (C=O) groups is 1. The predicted octanol–water partition coefficient (Wildman–Crippen LogP) is 0.848. The van der Waals surface area contributed by atoms with E-state index in [2.05, 4.69) is 26.1 Å². The lowest BCUT2D eigenvalue weighted by Crippen LogP contribution is -2.45. The van der Waals surface area contributed by atoms with Crippen LogP contribution in [-0.2, 0) is 4.79 Å². The van der Waals surface area contributed by atoms with Crippen LogP contribution < -0.4 is 5.32 Å². The Labute approximate surface area is 85.3 Å². The summed E-state index contributed by atoms with van der Waals surface area (Å²) in [5, 5.41) is 20.9. The zero-order valence-electron chi connectivity index (χ0n) is 9.42.